The summed E-state index contributed by atoms with van der Waals surface area (Å²) >= 11 is 0. The van der Waals surface area contributed by atoms with Crippen LogP contribution < -0.4 is 9.80 Å². The van der Waals surface area contributed by atoms with Crippen LogP contribution >= 0.6 is 0 Å². The van der Waals surface area contributed by atoms with Gasteiger partial charge in [0.1, 0.15) is 23.4 Å². The number of rotatable bonds is 1. The van der Waals surface area contributed by atoms with Crippen molar-refractivity contribution < 1.29 is 14.5 Å². The van der Waals surface area contributed by atoms with E-state index in [0.29, 0.717) is 6.04 Å². The number of fused-ring (bicyclic) bond motifs is 5. The molecule has 1 saturated carbocycles. The molecule has 5 rings (SSSR count). The fraction of sp³-hybridized carbons (Fsp3) is 0.619. The highest BCUT2D eigenvalue weighted by atomic mass is 16.2. The molecule has 3 saturated heterocycles. The minimum atomic E-state index is -0.0898. The van der Waals surface area contributed by atoms with Crippen LogP contribution in [0.5, 0.6) is 0 Å². The maximum Gasteiger partial charge on any atom is 0.244 e. The molecule has 1 aromatic rings. The van der Waals surface area contributed by atoms with Crippen LogP contribution in [0.15, 0.2) is 30.3 Å². The van der Waals surface area contributed by atoms with Gasteiger partial charge in [0, 0.05) is 25.7 Å². The Morgan fingerprint density at radius 3 is 2.48 bits per heavy atom. The summed E-state index contributed by atoms with van der Waals surface area (Å²) in [7, 11) is 0. The number of hydrogen-bond donors (Lipinski definition) is 1. The first-order valence-corrected chi connectivity index (χ1v) is 9.92. The maximum atomic E-state index is 13.5. The van der Waals surface area contributed by atoms with Gasteiger partial charge in [-0.25, -0.2) is 4.90 Å². The van der Waals surface area contributed by atoms with Gasteiger partial charge in [-0.2, -0.15) is 0 Å². The zero-order chi connectivity index (χ0) is 17.2. The number of carbonyl (C=O) groups is 2. The number of amides is 2. The van der Waals surface area contributed by atoms with Crippen LogP contribution in [0.3, 0.4) is 0 Å². The Morgan fingerprint density at radius 1 is 1.04 bits per heavy atom. The van der Waals surface area contributed by atoms with Gasteiger partial charge in [0.05, 0.1) is 12.2 Å². The monoisotopic (exact) mass is 339 g/mol. The van der Waals surface area contributed by atoms with Gasteiger partial charge >= 0.3 is 0 Å². The topological polar surface area (TPSA) is 41.8 Å². The summed E-state index contributed by atoms with van der Waals surface area (Å²) in [5.74, 6) is 0.730. The SMILES string of the molecule is CC1CCC2(CC1)[C@H]1C(=O)N(c3ccccc3)C(=O)[C@@H]1[C@H]1CCC[NH+]12. The van der Waals surface area contributed by atoms with Crippen LogP contribution in [0.25, 0.3) is 0 Å². The molecule has 3 heterocycles. The number of para-hydroxylation sites is 1. The minimum absolute atomic E-state index is 0.0224. The molecule has 25 heavy (non-hydrogen) atoms. The van der Waals surface area contributed by atoms with E-state index < -0.39 is 0 Å². The Labute approximate surface area is 149 Å². The van der Waals surface area contributed by atoms with E-state index in [9.17, 15) is 9.59 Å². The summed E-state index contributed by atoms with van der Waals surface area (Å²) in [6.45, 7) is 3.48. The smallest absolute Gasteiger partial charge is 0.244 e. The summed E-state index contributed by atoms with van der Waals surface area (Å²) < 4.78 is 0. The molecule has 0 bridgehead atoms. The molecule has 4 fully saturated rings. The molecule has 132 valence electrons. The number of imide groups is 1. The molecule has 1 spiro atoms. The summed E-state index contributed by atoms with van der Waals surface area (Å²) in [6.07, 6.45) is 6.94. The first-order valence-electron chi connectivity index (χ1n) is 9.92. The average molecular weight is 339 g/mol. The van der Waals surface area contributed by atoms with E-state index in [1.807, 2.05) is 30.3 Å². The van der Waals surface area contributed by atoms with Crippen molar-refractivity contribution >= 4 is 17.5 Å². The Hall–Kier alpha value is -1.68. The van der Waals surface area contributed by atoms with E-state index in [1.165, 1.54) is 24.2 Å². The van der Waals surface area contributed by atoms with Crippen molar-refractivity contribution in [2.24, 2.45) is 17.8 Å². The Kier molecular flexibility index (Phi) is 3.37. The normalized spacial score (nSPS) is 42.9. The van der Waals surface area contributed by atoms with Gasteiger partial charge in [0.2, 0.25) is 11.8 Å². The highest BCUT2D eigenvalue weighted by Gasteiger charge is 2.72. The molecule has 1 aliphatic carbocycles. The van der Waals surface area contributed by atoms with Gasteiger partial charge in [-0.1, -0.05) is 25.1 Å². The zero-order valence-corrected chi connectivity index (χ0v) is 14.9. The summed E-state index contributed by atoms with van der Waals surface area (Å²) in [5, 5.41) is 0. The Bertz CT molecular complexity index is 708. The van der Waals surface area contributed by atoms with Gasteiger partial charge in [0.15, 0.2) is 0 Å². The molecule has 2 amide bonds. The van der Waals surface area contributed by atoms with Crippen molar-refractivity contribution in [1.82, 2.24) is 0 Å². The standard InChI is InChI=1S/C21H26N2O2/c1-14-9-11-21(12-10-14)18-17(16-8-5-13-22(16)21)19(24)23(20(18)25)15-6-3-2-4-7-15/h2-4,6-7,14,16-18H,5,8-13H2,1H3/p+1/t14?,16-,17-,18-,21?/m1/s1. The average Bonchev–Trinajstić information content (AvgIpc) is 3.26. The quantitative estimate of drug-likeness (QED) is 0.793. The van der Waals surface area contributed by atoms with Gasteiger partial charge in [-0.3, -0.25) is 9.59 Å². The second-order valence-electron chi connectivity index (χ2n) is 8.71. The number of quaternary nitrogens is 1. The van der Waals surface area contributed by atoms with Crippen LogP contribution in [0.1, 0.15) is 45.4 Å². The number of anilines is 1. The van der Waals surface area contributed by atoms with Crippen molar-refractivity contribution in [3.63, 3.8) is 0 Å². The number of hydrogen-bond acceptors (Lipinski definition) is 2. The van der Waals surface area contributed by atoms with Crippen LogP contribution in [0, 0.1) is 17.8 Å². The highest BCUT2D eigenvalue weighted by Crippen LogP contribution is 2.49. The molecule has 1 unspecified atom stereocenters. The highest BCUT2D eigenvalue weighted by molar-refractivity contribution is 6.22. The molecule has 0 radical (unpaired) electrons. The number of nitrogens with one attached hydrogen (secondary N) is 1. The molecule has 4 heteroatoms. The summed E-state index contributed by atoms with van der Waals surface area (Å²) in [5.41, 5.74) is 0.778. The first-order chi connectivity index (χ1) is 12.1. The first kappa shape index (κ1) is 15.6. The predicted octanol–water partition coefficient (Wildman–Crippen LogP) is 1.80. The third-order valence-electron chi connectivity index (χ3n) is 7.61. The van der Waals surface area contributed by atoms with Crippen molar-refractivity contribution in [2.45, 2.75) is 57.0 Å². The molecule has 1 aromatic carbocycles. The maximum absolute atomic E-state index is 13.5. The fourth-order valence-electron chi connectivity index (χ4n) is 6.50. The predicted molar refractivity (Wildman–Crippen MR) is 95.1 cm³/mol. The van der Waals surface area contributed by atoms with E-state index in [1.54, 1.807) is 4.90 Å². The second kappa shape index (κ2) is 5.41. The third-order valence-corrected chi connectivity index (χ3v) is 7.61. The van der Waals surface area contributed by atoms with E-state index in [0.717, 1.165) is 37.4 Å². The van der Waals surface area contributed by atoms with Crippen molar-refractivity contribution in [3.8, 4) is 0 Å². The zero-order valence-electron chi connectivity index (χ0n) is 14.9. The molecule has 4 aliphatic rings. The second-order valence-corrected chi connectivity index (χ2v) is 8.71. The van der Waals surface area contributed by atoms with Crippen LogP contribution in [-0.4, -0.2) is 29.9 Å². The van der Waals surface area contributed by atoms with E-state index in [-0.39, 0.29) is 29.2 Å². The third kappa shape index (κ3) is 1.97. The van der Waals surface area contributed by atoms with Crippen LogP contribution in [-0.2, 0) is 9.59 Å². The molecule has 4 nitrogen and oxygen atoms in total. The minimum Gasteiger partial charge on any atom is -0.326 e. The molecule has 1 N–H and O–H groups in total. The fourth-order valence-corrected chi connectivity index (χ4v) is 6.50. The van der Waals surface area contributed by atoms with E-state index >= 15 is 0 Å². The lowest BCUT2D eigenvalue weighted by molar-refractivity contribution is -0.954. The van der Waals surface area contributed by atoms with Crippen LogP contribution in [0.2, 0.25) is 0 Å². The summed E-state index contributed by atoms with van der Waals surface area (Å²) in [4.78, 5) is 29.9. The molecular weight excluding hydrogens is 312 g/mol. The Morgan fingerprint density at radius 2 is 1.76 bits per heavy atom. The lowest BCUT2D eigenvalue weighted by Crippen LogP contribution is -3.20. The van der Waals surface area contributed by atoms with Gasteiger partial charge in [0.25, 0.3) is 0 Å². The summed E-state index contributed by atoms with van der Waals surface area (Å²) in [6, 6.07) is 9.91. The lowest BCUT2D eigenvalue weighted by Gasteiger charge is -2.42. The Balaban J connectivity index is 1.58. The van der Waals surface area contributed by atoms with Gasteiger partial charge in [-0.15, -0.1) is 0 Å². The van der Waals surface area contributed by atoms with Gasteiger partial charge in [-0.05, 0) is 30.9 Å². The lowest BCUT2D eigenvalue weighted by atomic mass is 9.68. The number of nitrogens with zero attached hydrogens (tertiary/aromatic N) is 1. The molecule has 3 aliphatic heterocycles. The van der Waals surface area contributed by atoms with Crippen molar-refractivity contribution in [3.05, 3.63) is 30.3 Å². The van der Waals surface area contributed by atoms with Crippen LogP contribution in [0.4, 0.5) is 5.69 Å². The van der Waals surface area contributed by atoms with E-state index in [4.69, 9.17) is 0 Å². The largest absolute Gasteiger partial charge is 0.326 e. The van der Waals surface area contributed by atoms with Gasteiger partial charge < -0.3 is 4.90 Å². The molecule has 0 aromatic heterocycles. The van der Waals surface area contributed by atoms with Crippen molar-refractivity contribution in [1.29, 1.82) is 0 Å². The van der Waals surface area contributed by atoms with Crippen molar-refractivity contribution in [2.75, 3.05) is 11.4 Å². The molecular formula is C21H27N2O2+. The number of carbonyl (C=O) groups excluding carboxylic acids is 2. The molecule has 4 atom stereocenters. The van der Waals surface area contributed by atoms with E-state index in [2.05, 4.69) is 6.92 Å². The number of benzene rings is 1.